The lowest BCUT2D eigenvalue weighted by Gasteiger charge is -2.22. The third-order valence-electron chi connectivity index (χ3n) is 16.6. The summed E-state index contributed by atoms with van der Waals surface area (Å²) < 4.78 is 49.5. The summed E-state index contributed by atoms with van der Waals surface area (Å²) in [6, 6.07) is 32.2. The summed E-state index contributed by atoms with van der Waals surface area (Å²) in [5.41, 5.74) is 14.8. The molecule has 3 nitrogen and oxygen atoms in total. The maximum atomic E-state index is 9.51. The van der Waals surface area contributed by atoms with Crippen LogP contribution in [0.1, 0.15) is 238 Å². The molecule has 15 heteroatoms. The molecule has 0 bridgehead atoms. The fraction of sp³-hybridized carbons (Fsp3) is 0.526. The van der Waals surface area contributed by atoms with Crippen molar-refractivity contribution in [2.45, 2.75) is 250 Å². The Bertz CT molecular complexity index is 3370. The second-order valence-corrected chi connectivity index (χ2v) is 34.0. The summed E-state index contributed by atoms with van der Waals surface area (Å²) in [6.07, 6.45) is 30.4. The number of rotatable bonds is 18. The van der Waals surface area contributed by atoms with Crippen LogP contribution in [0.25, 0.3) is 32.0 Å². The predicted molar refractivity (Wildman–Crippen MR) is 438 cm³/mol. The van der Waals surface area contributed by atoms with Crippen molar-refractivity contribution < 1.29 is 10.5 Å². The van der Waals surface area contributed by atoms with E-state index in [2.05, 4.69) is 182 Å². The lowest BCUT2D eigenvalue weighted by atomic mass is 9.82. The van der Waals surface area contributed by atoms with Gasteiger partial charge in [-0.2, -0.15) is 0 Å². The Hall–Kier alpha value is -1.64. The Morgan fingerprint density at radius 1 is 0.538 bits per heavy atom. The molecule has 2 aliphatic rings. The minimum Gasteiger partial charge on any atom is -0.326 e. The van der Waals surface area contributed by atoms with Gasteiger partial charge in [-0.3, -0.25) is 9.73 Å². The van der Waals surface area contributed by atoms with Gasteiger partial charge in [-0.05, 0) is 257 Å². The predicted octanol–water partition coefficient (Wildman–Crippen LogP) is 30.0. The molecule has 2 saturated carbocycles. The van der Waals surface area contributed by atoms with E-state index in [4.69, 9.17) is 16.2 Å². The molecule has 8 aromatic rings. The molecule has 3 unspecified atom stereocenters. The van der Waals surface area contributed by atoms with Crippen molar-refractivity contribution in [3.05, 3.63) is 167 Å². The number of unbranched alkanes of at least 4 members (excludes halogenated alkanes) is 8. The third kappa shape index (κ3) is 33.0. The number of aryl methyl sites for hydroxylation is 13. The molecule has 91 heavy (non-hydrogen) atoms. The van der Waals surface area contributed by atoms with Gasteiger partial charge in [0.1, 0.15) is 2.56 Å². The molecule has 2 aliphatic carbocycles. The van der Waals surface area contributed by atoms with Gasteiger partial charge in [-0.1, -0.05) is 168 Å². The van der Waals surface area contributed by atoms with Gasteiger partial charge in [0.25, 0.3) is 0 Å². The van der Waals surface area contributed by atoms with Crippen LogP contribution < -0.4 is 0 Å². The molecule has 3 atom stereocenters. The van der Waals surface area contributed by atoms with E-state index in [1.165, 1.54) is 229 Å². The second kappa shape index (κ2) is 50.7. The Kier molecular flexibility index (Phi) is 42.7. The van der Waals surface area contributed by atoms with Crippen molar-refractivity contribution in [3.8, 4) is 32.0 Å². The quantitative estimate of drug-likeness (QED) is 0.0687. The molecule has 0 saturated heterocycles. The summed E-state index contributed by atoms with van der Waals surface area (Å²) in [4.78, 5) is 17.4. The maximum Gasteiger partial charge on any atom is 0.174 e. The standard InChI is InChI=1S/C23H28S2.C19H26S.C13H20S.C12H18S.C7H10S.CH4NP.CH5P.H4OP2.H2OP2/c1-4-5-6-7-8-9-19-11-13-20(14-12-19)21-16-18(3)25-23(21)22-15-10-17(2)24-22;1-4-5-6-7-8-9-17-10-12-18(13-11-17)19-14-15(2)20-16(19)3;1-9-10(2)14-11(3)13(9)12-7-5-4-6-8-12;1-9-8-12(10(2)13-9)11-6-4-3-5-7-11;1-5-4-6(2)8-7(5)3;1-3-2;1-2;2*1-3-2/h10-16H,4-9H2,1-3H3;10-14H,4-9H2,1-3H3;12H,4-8H2,1-3H3;8,11H,3-7H2,1-2H3;4H,1-3H3;2H,1H3;2H2,1H3;2-3H2;2H2/i;;;;;1T;2T;3T2;2T. The van der Waals surface area contributed by atoms with E-state index in [1.807, 2.05) is 74.7 Å². The lowest BCUT2D eigenvalue weighted by Crippen LogP contribution is -2.05. The Morgan fingerprint density at radius 3 is 1.35 bits per heavy atom. The van der Waals surface area contributed by atoms with Crippen LogP contribution in [-0.4, -0.2) is 18.4 Å². The molecule has 0 aliphatic heterocycles. The first-order valence-corrected chi connectivity index (χ1v) is 44.6. The lowest BCUT2D eigenvalue weighted by molar-refractivity contribution is 0.442. The average Bonchev–Trinajstić information content (AvgIpc) is 1.67. The molecule has 2 fully saturated rings. The highest BCUT2D eigenvalue weighted by Crippen LogP contribution is 2.43. The largest absolute Gasteiger partial charge is 0.326 e. The third-order valence-corrected chi connectivity index (χ3v) is 23.0. The zero-order chi connectivity index (χ0) is 71.6. The number of thiophene rings is 6. The number of hydrogen-bond donors (Lipinski definition) is 1. The molecule has 2 aromatic carbocycles. The summed E-state index contributed by atoms with van der Waals surface area (Å²) in [5.74, 6) is 1.77. The van der Waals surface area contributed by atoms with Crippen LogP contribution in [0.2, 0.25) is 0 Å². The molecule has 10 rings (SSSR count). The van der Waals surface area contributed by atoms with E-state index in [1.54, 1.807) is 35.4 Å². The molecular weight excluding hydrogens is 1340 g/mol. The first kappa shape index (κ1) is 76.7. The smallest absolute Gasteiger partial charge is 0.174 e. The van der Waals surface area contributed by atoms with Gasteiger partial charge in [-0.25, -0.2) is 0 Å². The molecule has 0 spiro atoms. The highest BCUT2D eigenvalue weighted by Gasteiger charge is 2.22. The van der Waals surface area contributed by atoms with Crippen molar-refractivity contribution in [2.75, 3.05) is 13.3 Å². The maximum absolute atomic E-state index is 9.51. The fourth-order valence-electron chi connectivity index (χ4n) is 12.0. The van der Waals surface area contributed by atoms with E-state index in [0.29, 0.717) is 17.6 Å². The fourth-order valence-corrected chi connectivity index (χ4v) is 18.1. The van der Waals surface area contributed by atoms with Crippen molar-refractivity contribution in [3.63, 3.8) is 0 Å². The van der Waals surface area contributed by atoms with E-state index >= 15 is 0 Å². The van der Waals surface area contributed by atoms with Crippen LogP contribution in [0.3, 0.4) is 0 Å². The summed E-state index contributed by atoms with van der Waals surface area (Å²) in [7, 11) is -1.12. The van der Waals surface area contributed by atoms with Gasteiger partial charge >= 0.3 is 0 Å². The van der Waals surface area contributed by atoms with Gasteiger partial charge in [0.05, 0.1) is 15.5 Å². The van der Waals surface area contributed by atoms with Crippen molar-refractivity contribution >= 4 is 120 Å². The zero-order valence-corrected chi connectivity index (χ0v) is 68.9. The van der Waals surface area contributed by atoms with Crippen LogP contribution in [0, 0.1) is 88.2 Å². The van der Waals surface area contributed by atoms with E-state index in [9.17, 15) is 4.57 Å². The number of nitrogens with one attached hydrogen (secondary N) is 1. The van der Waals surface area contributed by atoms with Crippen LogP contribution in [0.4, 0.5) is 0 Å². The molecular formula is C76H117NO2P6S6. The summed E-state index contributed by atoms with van der Waals surface area (Å²) in [5, 5.41) is 6.24. The zero-order valence-electron chi connectivity index (χ0n) is 63.2. The summed E-state index contributed by atoms with van der Waals surface area (Å²) in [6.45, 7) is 33.2. The highest BCUT2D eigenvalue weighted by atomic mass is 32.1. The van der Waals surface area contributed by atoms with Crippen LogP contribution in [0.15, 0.2) is 84.9 Å². The molecule has 1 N–H and O–H groups in total. The Labute approximate surface area is 597 Å². The van der Waals surface area contributed by atoms with Crippen molar-refractivity contribution in [2.24, 2.45) is 0 Å². The van der Waals surface area contributed by atoms with Crippen LogP contribution >= 0.6 is 120 Å². The molecule has 0 radical (unpaired) electrons. The van der Waals surface area contributed by atoms with Gasteiger partial charge in [0.15, 0.2) is 8.15 Å². The van der Waals surface area contributed by atoms with E-state index in [0.717, 1.165) is 11.8 Å². The number of hydrogen-bond acceptors (Lipinski definition) is 9. The summed E-state index contributed by atoms with van der Waals surface area (Å²) >= 11 is 11.5. The van der Waals surface area contributed by atoms with Gasteiger partial charge in [0, 0.05) is 60.6 Å². The van der Waals surface area contributed by atoms with Gasteiger partial charge in [-0.15, -0.1) is 77.2 Å². The molecule has 0 amide bonds. The van der Waals surface area contributed by atoms with Crippen molar-refractivity contribution in [1.82, 2.24) is 0 Å². The van der Waals surface area contributed by atoms with E-state index < -0.39 is 8.04 Å². The minimum absolute atomic E-state index is 0.0571. The van der Waals surface area contributed by atoms with E-state index in [-0.39, 0.29) is 23.7 Å². The molecule has 6 heterocycles. The van der Waals surface area contributed by atoms with Gasteiger partial charge in [0.2, 0.25) is 0 Å². The highest BCUT2D eigenvalue weighted by molar-refractivity contribution is 7.96. The SMILES string of the molecule is CCCCCCCc1ccc(-c2cc(C)sc2-c2ccc(C)s2)cc1.CCCCCCCc1ccc(-c2cc(C)sc2C)cc1.Cc1cc(C)c(C)s1.Cc1cc(C2CCCCC2)c(C)s1.Cc1sc(C)c(C2CCCCC2)c1C.[3H]CP=N.[3H]P([3H])(=O)P.[3H]PC.[3H]PP=O. The van der Waals surface area contributed by atoms with Crippen LogP contribution in [0.5, 0.6) is 0 Å². The average molecular weight is 1470 g/mol. The first-order valence-electron chi connectivity index (χ1n) is 35.6. The van der Waals surface area contributed by atoms with Gasteiger partial charge < -0.3 is 4.57 Å². The Balaban J connectivity index is 0.000000398. The monoisotopic (exact) mass is 1460 g/mol. The minimum atomic E-state index is -3.22. The first-order chi connectivity index (χ1) is 45.8. The normalized spacial score (nSPS) is 13.9. The topological polar surface area (TPSA) is 58.0 Å². The molecule has 504 valence electrons. The molecule has 6 aromatic heterocycles. The Morgan fingerprint density at radius 2 is 0.978 bits per heavy atom. The van der Waals surface area contributed by atoms with Crippen LogP contribution in [-0.2, 0) is 22.0 Å². The van der Waals surface area contributed by atoms with Crippen molar-refractivity contribution in [1.29, 1.82) is 10.3 Å². The number of benzene rings is 2. The second-order valence-electron chi connectivity index (χ2n) is 23.8.